The van der Waals surface area contributed by atoms with E-state index in [1.165, 1.54) is 22.2 Å². The van der Waals surface area contributed by atoms with Gasteiger partial charge in [0.05, 0.1) is 0 Å². The largest absolute Gasteiger partial charge is 0.316 e. The highest BCUT2D eigenvalue weighted by Crippen LogP contribution is 2.28. The zero-order valence-electron chi connectivity index (χ0n) is 12.6. The van der Waals surface area contributed by atoms with E-state index < -0.39 is 0 Å². The van der Waals surface area contributed by atoms with Crippen LogP contribution in [-0.4, -0.2) is 31.6 Å². The highest BCUT2D eigenvalue weighted by atomic mass is 79.9. The van der Waals surface area contributed by atoms with Crippen molar-refractivity contribution in [2.24, 2.45) is 5.41 Å². The van der Waals surface area contributed by atoms with Crippen molar-refractivity contribution in [1.82, 2.24) is 10.2 Å². The Morgan fingerprint density at radius 1 is 1.32 bits per heavy atom. The molecule has 4 heteroatoms. The topological polar surface area (TPSA) is 15.3 Å². The van der Waals surface area contributed by atoms with Crippen LogP contribution in [0.15, 0.2) is 15.9 Å². The van der Waals surface area contributed by atoms with Crippen LogP contribution in [0.1, 0.15) is 38.5 Å². The van der Waals surface area contributed by atoms with Crippen LogP contribution in [0.2, 0.25) is 0 Å². The van der Waals surface area contributed by atoms with Gasteiger partial charge in [0.1, 0.15) is 0 Å². The molecule has 0 aliphatic carbocycles. The number of halogens is 1. The van der Waals surface area contributed by atoms with Crippen LogP contribution in [0.4, 0.5) is 0 Å². The molecule has 0 fully saturated rings. The number of thiophene rings is 1. The van der Waals surface area contributed by atoms with Crippen LogP contribution in [0, 0.1) is 5.41 Å². The third kappa shape index (κ3) is 5.54. The fraction of sp³-hybridized carbons (Fsp3) is 0.733. The predicted octanol–water partition coefficient (Wildman–Crippen LogP) is 4.36. The van der Waals surface area contributed by atoms with E-state index in [9.17, 15) is 0 Å². The molecule has 110 valence electrons. The van der Waals surface area contributed by atoms with Crippen molar-refractivity contribution in [1.29, 1.82) is 0 Å². The van der Waals surface area contributed by atoms with Crippen molar-refractivity contribution >= 4 is 27.3 Å². The van der Waals surface area contributed by atoms with E-state index in [-0.39, 0.29) is 0 Å². The van der Waals surface area contributed by atoms with Crippen LogP contribution < -0.4 is 5.32 Å². The second-order valence-electron chi connectivity index (χ2n) is 5.39. The first-order chi connectivity index (χ1) is 9.05. The van der Waals surface area contributed by atoms with Crippen molar-refractivity contribution < 1.29 is 0 Å². The molecule has 2 nitrogen and oxygen atoms in total. The van der Waals surface area contributed by atoms with E-state index >= 15 is 0 Å². The van der Waals surface area contributed by atoms with Crippen LogP contribution in [0.25, 0.3) is 0 Å². The molecule has 1 N–H and O–H groups in total. The van der Waals surface area contributed by atoms with E-state index in [0.717, 1.165) is 26.2 Å². The summed E-state index contributed by atoms with van der Waals surface area (Å²) in [5.74, 6) is 0. The minimum atomic E-state index is 0.402. The van der Waals surface area contributed by atoms with Crippen molar-refractivity contribution in [3.63, 3.8) is 0 Å². The fourth-order valence-electron chi connectivity index (χ4n) is 2.50. The molecule has 1 heterocycles. The Kier molecular flexibility index (Phi) is 7.58. The molecule has 0 spiro atoms. The van der Waals surface area contributed by atoms with Crippen molar-refractivity contribution in [3.05, 3.63) is 20.8 Å². The first-order valence-corrected chi connectivity index (χ1v) is 8.84. The molecule has 1 aromatic rings. The Bertz CT molecular complexity index is 361. The molecule has 0 aliphatic rings. The maximum absolute atomic E-state index is 3.53. The normalized spacial score (nSPS) is 12.3. The molecule has 0 bridgehead atoms. The number of nitrogens with one attached hydrogen (secondary N) is 1. The molecule has 0 aromatic carbocycles. The third-order valence-electron chi connectivity index (χ3n) is 3.90. The molecular weight excluding hydrogens is 320 g/mol. The molecule has 0 atom stereocenters. The summed E-state index contributed by atoms with van der Waals surface area (Å²) >= 11 is 5.36. The minimum absolute atomic E-state index is 0.402. The third-order valence-corrected chi connectivity index (χ3v) is 5.59. The Morgan fingerprint density at radius 3 is 2.47 bits per heavy atom. The zero-order valence-corrected chi connectivity index (χ0v) is 15.0. The number of hydrogen-bond acceptors (Lipinski definition) is 3. The molecule has 0 saturated carbocycles. The van der Waals surface area contributed by atoms with Gasteiger partial charge in [-0.15, -0.1) is 11.3 Å². The first kappa shape index (κ1) is 17.2. The summed E-state index contributed by atoms with van der Waals surface area (Å²) in [7, 11) is 2.24. The van der Waals surface area contributed by atoms with Gasteiger partial charge in [-0.1, -0.05) is 20.8 Å². The lowest BCUT2D eigenvalue weighted by Crippen LogP contribution is -2.42. The SMILES string of the molecule is CCNCC(CC)(CC)CN(C)Cc1cc(Br)cs1. The second-order valence-corrected chi connectivity index (χ2v) is 7.30. The highest BCUT2D eigenvalue weighted by Gasteiger charge is 2.27. The Hall–Kier alpha value is 0.1000. The van der Waals surface area contributed by atoms with Gasteiger partial charge in [0, 0.05) is 34.4 Å². The van der Waals surface area contributed by atoms with Crippen molar-refractivity contribution in [2.75, 3.05) is 26.7 Å². The maximum atomic E-state index is 3.53. The second kappa shape index (κ2) is 8.40. The van der Waals surface area contributed by atoms with Crippen LogP contribution >= 0.6 is 27.3 Å². The van der Waals surface area contributed by atoms with E-state index in [0.29, 0.717) is 5.41 Å². The van der Waals surface area contributed by atoms with Gasteiger partial charge in [0.25, 0.3) is 0 Å². The van der Waals surface area contributed by atoms with Gasteiger partial charge in [-0.3, -0.25) is 0 Å². The summed E-state index contributed by atoms with van der Waals surface area (Å²) in [5, 5.41) is 5.69. The molecule has 0 amide bonds. The van der Waals surface area contributed by atoms with Gasteiger partial charge in [-0.05, 0) is 53.8 Å². The Labute approximate surface area is 130 Å². The van der Waals surface area contributed by atoms with Gasteiger partial charge >= 0.3 is 0 Å². The van der Waals surface area contributed by atoms with Crippen LogP contribution in [0.5, 0.6) is 0 Å². The smallest absolute Gasteiger partial charge is 0.0325 e. The molecule has 0 unspecified atom stereocenters. The van der Waals surface area contributed by atoms with Crippen molar-refractivity contribution in [3.8, 4) is 0 Å². The number of hydrogen-bond donors (Lipinski definition) is 1. The lowest BCUT2D eigenvalue weighted by molar-refractivity contribution is 0.152. The average molecular weight is 347 g/mol. The van der Waals surface area contributed by atoms with Gasteiger partial charge in [-0.2, -0.15) is 0 Å². The predicted molar refractivity (Wildman–Crippen MR) is 89.9 cm³/mol. The molecular formula is C15H27BrN2S. The number of nitrogens with zero attached hydrogens (tertiary/aromatic N) is 1. The van der Waals surface area contributed by atoms with Crippen LogP contribution in [0.3, 0.4) is 0 Å². The molecule has 0 saturated heterocycles. The van der Waals surface area contributed by atoms with Gasteiger partial charge in [0.2, 0.25) is 0 Å². The molecule has 19 heavy (non-hydrogen) atoms. The van der Waals surface area contributed by atoms with E-state index in [1.807, 2.05) is 11.3 Å². The van der Waals surface area contributed by atoms with Gasteiger partial charge < -0.3 is 10.2 Å². The molecule has 1 rings (SSSR count). The standard InChI is InChI=1S/C15H27BrN2S/c1-5-15(6-2,11-17-7-3)12-18(4)9-14-8-13(16)10-19-14/h8,10,17H,5-7,9,11-12H2,1-4H3. The summed E-state index contributed by atoms with van der Waals surface area (Å²) in [6.07, 6.45) is 2.46. The van der Waals surface area contributed by atoms with Crippen molar-refractivity contribution in [2.45, 2.75) is 40.2 Å². The summed E-state index contributed by atoms with van der Waals surface area (Å²) < 4.78 is 1.20. The summed E-state index contributed by atoms with van der Waals surface area (Å²) in [6.45, 7) is 11.2. The molecule has 0 radical (unpaired) electrons. The van der Waals surface area contributed by atoms with Gasteiger partial charge in [0.15, 0.2) is 0 Å². The number of rotatable bonds is 9. The molecule has 1 aromatic heterocycles. The van der Waals surface area contributed by atoms with Crippen LogP contribution in [-0.2, 0) is 6.54 Å². The summed E-state index contributed by atoms with van der Waals surface area (Å²) in [6, 6.07) is 2.23. The van der Waals surface area contributed by atoms with Gasteiger partial charge in [-0.25, -0.2) is 0 Å². The fourth-order valence-corrected chi connectivity index (χ4v) is 4.03. The average Bonchev–Trinajstić information content (AvgIpc) is 2.80. The van der Waals surface area contributed by atoms with E-state index in [2.05, 4.69) is 65.4 Å². The lowest BCUT2D eigenvalue weighted by atomic mass is 9.81. The maximum Gasteiger partial charge on any atom is 0.0325 e. The summed E-state index contributed by atoms with van der Waals surface area (Å²) in [5.41, 5.74) is 0.402. The van der Waals surface area contributed by atoms with E-state index in [1.54, 1.807) is 0 Å². The summed E-state index contributed by atoms with van der Waals surface area (Å²) in [4.78, 5) is 3.89. The molecule has 0 aliphatic heterocycles. The monoisotopic (exact) mass is 346 g/mol. The van der Waals surface area contributed by atoms with E-state index in [4.69, 9.17) is 0 Å². The lowest BCUT2D eigenvalue weighted by Gasteiger charge is -2.36. The zero-order chi connectivity index (χ0) is 14.3. The Balaban J connectivity index is 2.57. The first-order valence-electron chi connectivity index (χ1n) is 7.17. The minimum Gasteiger partial charge on any atom is -0.316 e. The quantitative estimate of drug-likeness (QED) is 0.714. The Morgan fingerprint density at radius 2 is 2.00 bits per heavy atom. The highest BCUT2D eigenvalue weighted by molar-refractivity contribution is 9.10.